The van der Waals surface area contributed by atoms with Gasteiger partial charge in [-0.1, -0.05) is 0 Å². The second-order valence-corrected chi connectivity index (χ2v) is 9.83. The number of amides is 2. The summed E-state index contributed by atoms with van der Waals surface area (Å²) in [7, 11) is -3.62. The summed E-state index contributed by atoms with van der Waals surface area (Å²) in [4.78, 5) is 25.5. The number of nitrogens with zero attached hydrogens (tertiary/aromatic N) is 3. The zero-order valence-corrected chi connectivity index (χ0v) is 14.9. The van der Waals surface area contributed by atoms with E-state index in [1.165, 1.54) is 0 Å². The van der Waals surface area contributed by atoms with Gasteiger partial charge in [0.05, 0.1) is 17.7 Å². The van der Waals surface area contributed by atoms with Crippen molar-refractivity contribution in [2.45, 2.75) is 36.2 Å². The average molecular weight is 406 g/mol. The van der Waals surface area contributed by atoms with Crippen molar-refractivity contribution < 1.29 is 31.2 Å². The van der Waals surface area contributed by atoms with Crippen LogP contribution < -0.4 is 5.73 Å². The van der Waals surface area contributed by atoms with Gasteiger partial charge in [0.2, 0.25) is 5.91 Å². The highest BCUT2D eigenvalue weighted by atomic mass is 32.2. The molecule has 2 aliphatic heterocycles. The third kappa shape index (κ3) is 2.64. The van der Waals surface area contributed by atoms with E-state index in [9.17, 15) is 31.2 Å². The van der Waals surface area contributed by atoms with Crippen LogP contribution in [-0.2, 0) is 20.8 Å². The standard InChI is InChI=1S/C15H17F3N4O4S/c16-15(17,18)11-5-10(22(20-11)8-1-2-8)13(24)21-6-14(7-21)9(12(19)23)3-4-27(14,25)26/h5,8-9H,1-4,6-7H2,(H2,19,23). The van der Waals surface area contributed by atoms with Crippen LogP contribution in [0.5, 0.6) is 0 Å². The van der Waals surface area contributed by atoms with Gasteiger partial charge in [0, 0.05) is 19.2 Å². The van der Waals surface area contributed by atoms with Crippen molar-refractivity contribution in [3.05, 3.63) is 17.5 Å². The highest BCUT2D eigenvalue weighted by Crippen LogP contribution is 2.45. The summed E-state index contributed by atoms with van der Waals surface area (Å²) in [6, 6.07) is 0.434. The zero-order valence-electron chi connectivity index (χ0n) is 14.1. The minimum absolute atomic E-state index is 0.0952. The molecule has 2 saturated heterocycles. The first-order valence-electron chi connectivity index (χ1n) is 8.44. The molecule has 0 radical (unpaired) electrons. The molecule has 1 unspecified atom stereocenters. The van der Waals surface area contributed by atoms with E-state index in [0.717, 1.165) is 9.58 Å². The number of likely N-dealkylation sites (tertiary alicyclic amines) is 1. The molecule has 1 aliphatic carbocycles. The molecule has 3 aliphatic rings. The maximum Gasteiger partial charge on any atom is 0.435 e. The Labute approximate surface area is 152 Å². The van der Waals surface area contributed by atoms with Crippen molar-refractivity contribution in [2.24, 2.45) is 11.7 Å². The van der Waals surface area contributed by atoms with Gasteiger partial charge in [-0.25, -0.2) is 8.42 Å². The molecule has 148 valence electrons. The molecule has 3 heterocycles. The average Bonchev–Trinajstić information content (AvgIpc) is 3.16. The Bertz CT molecular complexity index is 929. The van der Waals surface area contributed by atoms with Gasteiger partial charge >= 0.3 is 6.18 Å². The van der Waals surface area contributed by atoms with Crippen LogP contribution in [0, 0.1) is 5.92 Å². The van der Waals surface area contributed by atoms with Crippen molar-refractivity contribution in [1.82, 2.24) is 14.7 Å². The van der Waals surface area contributed by atoms with Gasteiger partial charge in [-0.3, -0.25) is 14.3 Å². The third-order valence-electron chi connectivity index (χ3n) is 5.62. The molecule has 1 spiro atoms. The second-order valence-electron chi connectivity index (χ2n) is 7.38. The number of carbonyl (C=O) groups excluding carboxylic acids is 2. The van der Waals surface area contributed by atoms with Gasteiger partial charge in [-0.15, -0.1) is 0 Å². The van der Waals surface area contributed by atoms with Gasteiger partial charge in [-0.2, -0.15) is 18.3 Å². The highest BCUT2D eigenvalue weighted by molar-refractivity contribution is 7.93. The zero-order chi connectivity index (χ0) is 19.8. The number of halogens is 3. The number of sulfone groups is 1. The number of hydrogen-bond donors (Lipinski definition) is 1. The van der Waals surface area contributed by atoms with Crippen LogP contribution in [0.1, 0.15) is 41.5 Å². The maximum absolute atomic E-state index is 13.0. The van der Waals surface area contributed by atoms with Crippen molar-refractivity contribution in [3.8, 4) is 0 Å². The minimum atomic E-state index is -4.68. The van der Waals surface area contributed by atoms with Crippen LogP contribution in [0.3, 0.4) is 0 Å². The lowest BCUT2D eigenvalue weighted by molar-refractivity contribution is -0.141. The molecule has 0 aromatic carbocycles. The van der Waals surface area contributed by atoms with Crippen LogP contribution in [0.2, 0.25) is 0 Å². The van der Waals surface area contributed by atoms with Crippen molar-refractivity contribution in [3.63, 3.8) is 0 Å². The van der Waals surface area contributed by atoms with Crippen molar-refractivity contribution in [2.75, 3.05) is 18.8 Å². The molecule has 1 aromatic heterocycles. The Morgan fingerprint density at radius 1 is 1.22 bits per heavy atom. The molecule has 2 amide bonds. The third-order valence-corrected chi connectivity index (χ3v) is 8.17. The molecule has 27 heavy (non-hydrogen) atoms. The van der Waals surface area contributed by atoms with E-state index in [-0.39, 0.29) is 37.0 Å². The summed E-state index contributed by atoms with van der Waals surface area (Å²) in [5.74, 6) is -2.56. The summed E-state index contributed by atoms with van der Waals surface area (Å²) in [5.41, 5.74) is 3.94. The number of primary amides is 1. The molecule has 8 nitrogen and oxygen atoms in total. The van der Waals surface area contributed by atoms with Gasteiger partial charge < -0.3 is 10.6 Å². The number of aromatic nitrogens is 2. The Morgan fingerprint density at radius 2 is 1.85 bits per heavy atom. The Kier molecular flexibility index (Phi) is 3.69. The number of rotatable bonds is 3. The van der Waals surface area contributed by atoms with Crippen LogP contribution in [-0.4, -0.2) is 58.5 Å². The largest absolute Gasteiger partial charge is 0.435 e. The van der Waals surface area contributed by atoms with E-state index in [1.54, 1.807) is 0 Å². The van der Waals surface area contributed by atoms with Crippen LogP contribution in [0.4, 0.5) is 13.2 Å². The van der Waals surface area contributed by atoms with E-state index in [4.69, 9.17) is 5.73 Å². The molecule has 0 bridgehead atoms. The predicted molar refractivity (Wildman–Crippen MR) is 85.2 cm³/mol. The molecule has 1 aromatic rings. The molecule has 12 heteroatoms. The molecule has 3 fully saturated rings. The first kappa shape index (κ1) is 18.3. The van der Waals surface area contributed by atoms with Crippen molar-refractivity contribution in [1.29, 1.82) is 0 Å². The van der Waals surface area contributed by atoms with Crippen LogP contribution in [0.15, 0.2) is 6.07 Å². The SMILES string of the molecule is NC(=O)C1CCS(=O)(=O)C12CN(C(=O)c1cc(C(F)(F)F)nn1C1CC1)C2. The summed E-state index contributed by atoms with van der Waals surface area (Å²) in [6.45, 7) is -0.502. The van der Waals surface area contributed by atoms with Gasteiger partial charge in [0.15, 0.2) is 15.5 Å². The minimum Gasteiger partial charge on any atom is -0.369 e. The van der Waals surface area contributed by atoms with Crippen molar-refractivity contribution >= 4 is 21.7 Å². The second kappa shape index (κ2) is 5.46. The topological polar surface area (TPSA) is 115 Å². The number of hydrogen-bond acceptors (Lipinski definition) is 5. The summed E-state index contributed by atoms with van der Waals surface area (Å²) in [5, 5.41) is 3.52. The van der Waals surface area contributed by atoms with E-state index in [1.807, 2.05) is 0 Å². The smallest absolute Gasteiger partial charge is 0.369 e. The molecule has 1 saturated carbocycles. The first-order chi connectivity index (χ1) is 12.5. The van der Waals surface area contributed by atoms with E-state index >= 15 is 0 Å². The highest BCUT2D eigenvalue weighted by Gasteiger charge is 2.64. The summed E-state index contributed by atoms with van der Waals surface area (Å²) in [6.07, 6.45) is -3.34. The predicted octanol–water partition coefficient (Wildman–Crippen LogP) is 0.351. The number of alkyl halides is 3. The molecule has 1 atom stereocenters. The lowest BCUT2D eigenvalue weighted by Crippen LogP contribution is -2.69. The first-order valence-corrected chi connectivity index (χ1v) is 10.1. The normalized spacial score (nSPS) is 26.2. The fourth-order valence-electron chi connectivity index (χ4n) is 3.97. The molecule has 2 N–H and O–H groups in total. The van der Waals surface area contributed by atoms with Gasteiger partial charge in [0.25, 0.3) is 5.91 Å². The van der Waals surface area contributed by atoms with E-state index in [2.05, 4.69) is 5.10 Å². The Hall–Kier alpha value is -2.11. The molecular weight excluding hydrogens is 389 g/mol. The fourth-order valence-corrected chi connectivity index (χ4v) is 6.30. The lowest BCUT2D eigenvalue weighted by atomic mass is 9.82. The molecular formula is C15H17F3N4O4S. The maximum atomic E-state index is 13.0. The summed E-state index contributed by atoms with van der Waals surface area (Å²) >= 11 is 0. The van der Waals surface area contributed by atoms with Gasteiger partial charge in [0.1, 0.15) is 10.4 Å². The lowest BCUT2D eigenvalue weighted by Gasteiger charge is -2.48. The van der Waals surface area contributed by atoms with E-state index in [0.29, 0.717) is 18.9 Å². The quantitative estimate of drug-likeness (QED) is 0.778. The van der Waals surface area contributed by atoms with E-state index < -0.39 is 44.2 Å². The monoisotopic (exact) mass is 406 g/mol. The number of carbonyl (C=O) groups is 2. The fraction of sp³-hybridized carbons (Fsp3) is 0.667. The summed E-state index contributed by atoms with van der Waals surface area (Å²) < 4.78 is 63.4. The Morgan fingerprint density at radius 3 is 2.37 bits per heavy atom. The number of nitrogens with two attached hydrogens (primary N) is 1. The van der Waals surface area contributed by atoms with Gasteiger partial charge in [-0.05, 0) is 19.3 Å². The Balaban J connectivity index is 1.61. The van der Waals surface area contributed by atoms with Crippen LogP contribution >= 0.6 is 0 Å². The molecule has 4 rings (SSSR count). The van der Waals surface area contributed by atoms with Crippen LogP contribution in [0.25, 0.3) is 0 Å².